The molecule has 1 N–H and O–H groups in total. The second kappa shape index (κ2) is 12.4. The van der Waals surface area contributed by atoms with Crippen LogP contribution < -0.4 is 0 Å². The summed E-state index contributed by atoms with van der Waals surface area (Å²) in [7, 11) is -4.28. The van der Waals surface area contributed by atoms with Crippen molar-refractivity contribution < 1.29 is 17.2 Å². The molecule has 0 saturated carbocycles. The summed E-state index contributed by atoms with van der Waals surface area (Å²) in [5.74, 6) is 1.03. The average molecular weight is 323 g/mol. The van der Waals surface area contributed by atoms with Crippen molar-refractivity contribution in [2.24, 2.45) is 11.8 Å². The Bertz CT molecular complexity index is 327. The van der Waals surface area contributed by atoms with Crippen molar-refractivity contribution in [3.8, 4) is 0 Å². The van der Waals surface area contributed by atoms with Gasteiger partial charge in [-0.2, -0.15) is 8.42 Å². The maximum Gasteiger partial charge on any atom is 0.397 e. The molecule has 0 amide bonds. The van der Waals surface area contributed by atoms with Crippen molar-refractivity contribution in [1.29, 1.82) is 0 Å². The molecule has 21 heavy (non-hydrogen) atoms. The molecule has 0 rings (SSSR count). The summed E-state index contributed by atoms with van der Waals surface area (Å²) in [4.78, 5) is 0. The molecular weight excluding hydrogens is 288 g/mol. The lowest BCUT2D eigenvalue weighted by atomic mass is 9.96. The maximum absolute atomic E-state index is 10.4. The van der Waals surface area contributed by atoms with Gasteiger partial charge in [-0.25, -0.2) is 4.18 Å². The van der Waals surface area contributed by atoms with Gasteiger partial charge in [-0.1, -0.05) is 78.6 Å². The van der Waals surface area contributed by atoms with Crippen molar-refractivity contribution in [1.82, 2.24) is 0 Å². The second-order valence-corrected chi connectivity index (χ2v) is 7.50. The quantitative estimate of drug-likeness (QED) is 0.361. The van der Waals surface area contributed by atoms with E-state index in [9.17, 15) is 8.42 Å². The summed E-state index contributed by atoms with van der Waals surface area (Å²) in [6, 6.07) is 0. The van der Waals surface area contributed by atoms with Gasteiger partial charge in [-0.3, -0.25) is 4.55 Å². The fraction of sp³-hybridized carbons (Fsp3) is 1.00. The number of hydrogen-bond acceptors (Lipinski definition) is 3. The van der Waals surface area contributed by atoms with Gasteiger partial charge in [-0.15, -0.1) is 0 Å². The second-order valence-electron chi connectivity index (χ2n) is 6.41. The van der Waals surface area contributed by atoms with Crippen molar-refractivity contribution in [3.05, 3.63) is 0 Å². The lowest BCUT2D eigenvalue weighted by Gasteiger charge is -2.11. The van der Waals surface area contributed by atoms with E-state index in [0.29, 0.717) is 0 Å². The lowest BCUT2D eigenvalue weighted by molar-refractivity contribution is 0.222. The third-order valence-electron chi connectivity index (χ3n) is 3.95. The van der Waals surface area contributed by atoms with Gasteiger partial charge in [0, 0.05) is 0 Å². The van der Waals surface area contributed by atoms with Gasteiger partial charge in [0.25, 0.3) is 0 Å². The summed E-state index contributed by atoms with van der Waals surface area (Å²) in [5, 5.41) is 0. The van der Waals surface area contributed by atoms with Crippen molar-refractivity contribution >= 4 is 10.4 Å². The van der Waals surface area contributed by atoms with E-state index in [1.807, 2.05) is 6.92 Å². The van der Waals surface area contributed by atoms with Crippen LogP contribution >= 0.6 is 0 Å². The van der Waals surface area contributed by atoms with Crippen LogP contribution in [0.3, 0.4) is 0 Å². The Balaban J connectivity index is 3.35. The van der Waals surface area contributed by atoms with Crippen molar-refractivity contribution in [2.75, 3.05) is 6.61 Å². The fourth-order valence-corrected chi connectivity index (χ4v) is 2.90. The number of rotatable bonds is 14. The molecule has 0 heterocycles. The highest BCUT2D eigenvalue weighted by atomic mass is 32.3. The van der Waals surface area contributed by atoms with Crippen LogP contribution in [0.5, 0.6) is 0 Å². The molecule has 0 bridgehead atoms. The lowest BCUT2D eigenvalue weighted by Crippen LogP contribution is -2.11. The molecule has 0 aliphatic carbocycles. The highest BCUT2D eigenvalue weighted by molar-refractivity contribution is 7.80. The van der Waals surface area contributed by atoms with Crippen molar-refractivity contribution in [3.63, 3.8) is 0 Å². The minimum absolute atomic E-state index is 0.0772. The molecule has 0 aromatic rings. The summed E-state index contributed by atoms with van der Waals surface area (Å²) in [5.41, 5.74) is 0. The van der Waals surface area contributed by atoms with Crippen molar-refractivity contribution in [2.45, 2.75) is 85.0 Å². The Morgan fingerprint density at radius 1 is 0.857 bits per heavy atom. The first-order valence-electron chi connectivity index (χ1n) is 8.47. The fourth-order valence-electron chi connectivity index (χ4n) is 2.50. The van der Waals surface area contributed by atoms with E-state index in [2.05, 4.69) is 18.0 Å². The summed E-state index contributed by atoms with van der Waals surface area (Å²) in [6.07, 6.45) is 12.5. The van der Waals surface area contributed by atoms with E-state index in [1.54, 1.807) is 0 Å². The first kappa shape index (κ1) is 20.9. The zero-order valence-corrected chi connectivity index (χ0v) is 14.8. The summed E-state index contributed by atoms with van der Waals surface area (Å²) in [6.45, 7) is 6.62. The van der Waals surface area contributed by atoms with Gasteiger partial charge in [0.2, 0.25) is 0 Å². The summed E-state index contributed by atoms with van der Waals surface area (Å²) >= 11 is 0. The van der Waals surface area contributed by atoms with Gasteiger partial charge >= 0.3 is 10.4 Å². The van der Waals surface area contributed by atoms with E-state index in [0.717, 1.165) is 18.8 Å². The van der Waals surface area contributed by atoms with E-state index < -0.39 is 10.4 Å². The molecule has 2 atom stereocenters. The third-order valence-corrected chi connectivity index (χ3v) is 4.38. The van der Waals surface area contributed by atoms with Crippen LogP contribution in [-0.4, -0.2) is 19.6 Å². The van der Waals surface area contributed by atoms with Gasteiger partial charge in [-0.05, 0) is 18.3 Å². The smallest absolute Gasteiger partial charge is 0.264 e. The molecule has 0 radical (unpaired) electrons. The van der Waals surface area contributed by atoms with E-state index in [-0.39, 0.29) is 12.5 Å². The molecule has 5 heteroatoms. The SMILES string of the molecule is CCCCC(C)CCCCCCCC(C)COS(=O)(=O)O. The molecule has 0 fully saturated rings. The largest absolute Gasteiger partial charge is 0.397 e. The van der Waals surface area contributed by atoms with E-state index in [1.165, 1.54) is 51.4 Å². The average Bonchev–Trinajstić information content (AvgIpc) is 2.41. The molecule has 0 aromatic heterocycles. The topological polar surface area (TPSA) is 63.6 Å². The molecule has 0 aromatic carbocycles. The Morgan fingerprint density at radius 2 is 1.33 bits per heavy atom. The van der Waals surface area contributed by atoms with Crippen LogP contribution in [0.2, 0.25) is 0 Å². The van der Waals surface area contributed by atoms with Gasteiger partial charge in [0.05, 0.1) is 6.61 Å². The van der Waals surface area contributed by atoms with Gasteiger partial charge in [0.1, 0.15) is 0 Å². The monoisotopic (exact) mass is 322 g/mol. The van der Waals surface area contributed by atoms with Crippen LogP contribution in [0, 0.1) is 11.8 Å². The van der Waals surface area contributed by atoms with E-state index >= 15 is 0 Å². The van der Waals surface area contributed by atoms with Crippen LogP contribution in [0.4, 0.5) is 0 Å². The molecule has 0 spiro atoms. The van der Waals surface area contributed by atoms with Gasteiger partial charge < -0.3 is 0 Å². The molecule has 4 nitrogen and oxygen atoms in total. The standard InChI is InChI=1S/C16H34O4S/c1-4-5-11-15(2)12-9-7-6-8-10-13-16(3)14-20-21(17,18)19/h15-16H,4-14H2,1-3H3,(H,17,18,19). The Kier molecular flexibility index (Phi) is 12.3. The van der Waals surface area contributed by atoms with Crippen LogP contribution in [0.1, 0.15) is 85.0 Å². The zero-order chi connectivity index (χ0) is 16.1. The number of unbranched alkanes of at least 4 members (excludes halogenated alkanes) is 5. The normalized spacial score (nSPS) is 15.0. The van der Waals surface area contributed by atoms with E-state index in [4.69, 9.17) is 4.55 Å². The zero-order valence-electron chi connectivity index (χ0n) is 14.0. The van der Waals surface area contributed by atoms with Gasteiger partial charge in [0.15, 0.2) is 0 Å². The van der Waals surface area contributed by atoms with Crippen LogP contribution in [-0.2, 0) is 14.6 Å². The minimum atomic E-state index is -4.28. The highest BCUT2D eigenvalue weighted by Crippen LogP contribution is 2.17. The minimum Gasteiger partial charge on any atom is -0.264 e. The first-order chi connectivity index (χ1) is 9.85. The summed E-state index contributed by atoms with van der Waals surface area (Å²) < 4.78 is 33.7. The third kappa shape index (κ3) is 16.1. The number of hydrogen-bond donors (Lipinski definition) is 1. The Hall–Kier alpha value is -0.130. The molecule has 0 saturated heterocycles. The Labute approximate surface area is 131 Å². The van der Waals surface area contributed by atoms with Crippen LogP contribution in [0.25, 0.3) is 0 Å². The molecule has 2 unspecified atom stereocenters. The molecule has 0 aliphatic rings. The molecule has 128 valence electrons. The van der Waals surface area contributed by atoms with Crippen LogP contribution in [0.15, 0.2) is 0 Å². The molecule has 0 aliphatic heterocycles. The predicted octanol–water partition coefficient (Wildman–Crippen LogP) is 5.00. The Morgan fingerprint density at radius 3 is 1.86 bits per heavy atom. The first-order valence-corrected chi connectivity index (χ1v) is 9.83. The predicted molar refractivity (Wildman–Crippen MR) is 87.7 cm³/mol. The highest BCUT2D eigenvalue weighted by Gasteiger charge is 2.09. The maximum atomic E-state index is 10.4. The molecular formula is C16H34O4S.